The molecule has 0 aliphatic heterocycles. The minimum Gasteiger partial charge on any atom is -0.493 e. The molecule has 0 spiro atoms. The van der Waals surface area contributed by atoms with Crippen LogP contribution < -0.4 is 39.1 Å². The molecule has 2 N–H and O–H groups in total. The number of methoxy groups -OCH3 is 6. The van der Waals surface area contributed by atoms with E-state index in [0.29, 0.717) is 45.6 Å². The van der Waals surface area contributed by atoms with Gasteiger partial charge in [-0.15, -0.1) is 0 Å². The molecule has 36 heavy (non-hydrogen) atoms. The maximum absolute atomic E-state index is 12.1. The van der Waals surface area contributed by atoms with Crippen LogP contribution in [-0.2, 0) is 9.59 Å². The van der Waals surface area contributed by atoms with Gasteiger partial charge in [-0.1, -0.05) is 0 Å². The summed E-state index contributed by atoms with van der Waals surface area (Å²) in [6.07, 6.45) is 6.01. The standard InChI is InChI=1S/C26H32N2O8/c1-31-19-13-17(14-20(32-2)25(19)35-5)7-9-23(29)27-11-12-28-24(30)10-8-18-15-21(33-3)26(36-6)22(16-18)34-4/h7-10,13-16H,11-12H2,1-6H3,(H,27,29)(H,28,30)/b9-7+,10-8+. The van der Waals surface area contributed by atoms with Crippen molar-refractivity contribution in [3.8, 4) is 34.5 Å². The third kappa shape index (κ3) is 7.59. The fraction of sp³-hybridized carbons (Fsp3) is 0.308. The molecular formula is C26H32N2O8. The first-order valence-corrected chi connectivity index (χ1v) is 10.9. The average molecular weight is 501 g/mol. The molecule has 0 radical (unpaired) electrons. The summed E-state index contributed by atoms with van der Waals surface area (Å²) < 4.78 is 31.8. The fourth-order valence-corrected chi connectivity index (χ4v) is 3.23. The minimum atomic E-state index is -0.314. The van der Waals surface area contributed by atoms with Crippen molar-refractivity contribution in [3.05, 3.63) is 47.5 Å². The van der Waals surface area contributed by atoms with Crippen LogP contribution in [-0.4, -0.2) is 67.6 Å². The number of rotatable bonds is 13. The lowest BCUT2D eigenvalue weighted by Crippen LogP contribution is -2.33. The van der Waals surface area contributed by atoms with Crippen molar-refractivity contribution in [2.75, 3.05) is 55.7 Å². The highest BCUT2D eigenvalue weighted by molar-refractivity contribution is 5.93. The molecular weight excluding hydrogens is 468 g/mol. The summed E-state index contributed by atoms with van der Waals surface area (Å²) in [7, 11) is 9.12. The Kier molecular flexibility index (Phi) is 11.0. The molecule has 194 valence electrons. The van der Waals surface area contributed by atoms with Crippen LogP contribution in [0.2, 0.25) is 0 Å². The zero-order valence-corrected chi connectivity index (χ0v) is 21.3. The molecule has 2 aromatic carbocycles. The van der Waals surface area contributed by atoms with Crippen molar-refractivity contribution in [1.29, 1.82) is 0 Å². The molecule has 0 saturated carbocycles. The summed E-state index contributed by atoms with van der Waals surface area (Å²) in [4.78, 5) is 24.3. The van der Waals surface area contributed by atoms with E-state index in [2.05, 4.69) is 10.6 Å². The van der Waals surface area contributed by atoms with Crippen molar-refractivity contribution in [2.24, 2.45) is 0 Å². The van der Waals surface area contributed by atoms with Gasteiger partial charge in [-0.25, -0.2) is 0 Å². The maximum Gasteiger partial charge on any atom is 0.244 e. The van der Waals surface area contributed by atoms with Crippen LogP contribution in [0.25, 0.3) is 12.2 Å². The van der Waals surface area contributed by atoms with Gasteiger partial charge in [-0.3, -0.25) is 9.59 Å². The molecule has 0 aromatic heterocycles. The first kappa shape index (κ1) is 27.9. The van der Waals surface area contributed by atoms with Crippen molar-refractivity contribution in [1.82, 2.24) is 10.6 Å². The first-order chi connectivity index (χ1) is 17.4. The second kappa shape index (κ2) is 14.1. The van der Waals surface area contributed by atoms with Crippen molar-refractivity contribution >= 4 is 24.0 Å². The molecule has 0 bridgehead atoms. The molecule has 2 rings (SSSR count). The summed E-state index contributed by atoms with van der Waals surface area (Å²) in [6, 6.07) is 6.91. The molecule has 0 saturated heterocycles. The smallest absolute Gasteiger partial charge is 0.244 e. The van der Waals surface area contributed by atoms with Gasteiger partial charge in [0.1, 0.15) is 0 Å². The Morgan fingerprint density at radius 3 is 1.14 bits per heavy atom. The first-order valence-electron chi connectivity index (χ1n) is 10.9. The lowest BCUT2D eigenvalue weighted by Gasteiger charge is -2.12. The Morgan fingerprint density at radius 2 is 0.889 bits per heavy atom. The van der Waals surface area contributed by atoms with Crippen LogP contribution in [0.15, 0.2) is 36.4 Å². The number of hydrogen-bond donors (Lipinski definition) is 2. The third-order valence-electron chi connectivity index (χ3n) is 4.95. The molecule has 10 heteroatoms. The molecule has 0 atom stereocenters. The monoisotopic (exact) mass is 500 g/mol. The predicted octanol–water partition coefficient (Wildman–Crippen LogP) is 2.70. The molecule has 2 aromatic rings. The van der Waals surface area contributed by atoms with E-state index >= 15 is 0 Å². The fourth-order valence-electron chi connectivity index (χ4n) is 3.23. The van der Waals surface area contributed by atoms with Gasteiger partial charge in [0.05, 0.1) is 42.7 Å². The van der Waals surface area contributed by atoms with Crippen LogP contribution in [0.1, 0.15) is 11.1 Å². The van der Waals surface area contributed by atoms with Gasteiger partial charge in [-0.2, -0.15) is 0 Å². The molecule has 0 heterocycles. The second-order valence-electron chi connectivity index (χ2n) is 7.17. The SMILES string of the molecule is COc1cc(/C=C/C(=O)NCCNC(=O)/C=C/c2cc(OC)c(OC)c(OC)c2)cc(OC)c1OC. The van der Waals surface area contributed by atoms with E-state index < -0.39 is 0 Å². The Bertz CT molecular complexity index is 974. The van der Waals surface area contributed by atoms with E-state index in [0.717, 1.165) is 0 Å². The van der Waals surface area contributed by atoms with E-state index in [-0.39, 0.29) is 24.9 Å². The van der Waals surface area contributed by atoms with E-state index in [1.807, 2.05) is 0 Å². The van der Waals surface area contributed by atoms with E-state index in [1.54, 1.807) is 36.4 Å². The summed E-state index contributed by atoms with van der Waals surface area (Å²) in [5.41, 5.74) is 1.40. The Hall–Kier alpha value is -4.34. The molecule has 0 aliphatic rings. The number of carbonyl (C=O) groups excluding carboxylic acids is 2. The van der Waals surface area contributed by atoms with Gasteiger partial charge < -0.3 is 39.1 Å². The number of carbonyl (C=O) groups is 2. The van der Waals surface area contributed by atoms with Gasteiger partial charge in [0.25, 0.3) is 0 Å². The van der Waals surface area contributed by atoms with Gasteiger partial charge >= 0.3 is 0 Å². The van der Waals surface area contributed by atoms with Crippen LogP contribution >= 0.6 is 0 Å². The van der Waals surface area contributed by atoms with Gasteiger partial charge in [0.2, 0.25) is 23.3 Å². The summed E-state index contributed by atoms with van der Waals surface area (Å²) in [5, 5.41) is 5.41. The van der Waals surface area contributed by atoms with Crippen molar-refractivity contribution in [2.45, 2.75) is 0 Å². The zero-order chi connectivity index (χ0) is 26.5. The lowest BCUT2D eigenvalue weighted by molar-refractivity contribution is -0.118. The highest BCUT2D eigenvalue weighted by Crippen LogP contribution is 2.39. The minimum absolute atomic E-state index is 0.252. The Labute approximate surface area is 210 Å². The van der Waals surface area contributed by atoms with Gasteiger partial charge in [-0.05, 0) is 47.5 Å². The second-order valence-corrected chi connectivity index (χ2v) is 7.17. The molecule has 0 unspecified atom stereocenters. The normalized spacial score (nSPS) is 10.7. The predicted molar refractivity (Wildman–Crippen MR) is 136 cm³/mol. The van der Waals surface area contributed by atoms with E-state index in [9.17, 15) is 9.59 Å². The third-order valence-corrected chi connectivity index (χ3v) is 4.95. The average Bonchev–Trinajstić information content (AvgIpc) is 2.91. The van der Waals surface area contributed by atoms with Crippen LogP contribution in [0.5, 0.6) is 34.5 Å². The maximum atomic E-state index is 12.1. The topological polar surface area (TPSA) is 114 Å². The quantitative estimate of drug-likeness (QED) is 0.319. The number of amides is 2. The van der Waals surface area contributed by atoms with Crippen LogP contribution in [0.3, 0.4) is 0 Å². The van der Waals surface area contributed by atoms with Gasteiger partial charge in [0, 0.05) is 25.2 Å². The highest BCUT2D eigenvalue weighted by Gasteiger charge is 2.13. The van der Waals surface area contributed by atoms with E-state index in [4.69, 9.17) is 28.4 Å². The number of nitrogens with one attached hydrogen (secondary N) is 2. The zero-order valence-electron chi connectivity index (χ0n) is 21.3. The Morgan fingerprint density at radius 1 is 0.583 bits per heavy atom. The highest BCUT2D eigenvalue weighted by atomic mass is 16.5. The number of ether oxygens (including phenoxy) is 6. The summed E-state index contributed by atoms with van der Waals surface area (Å²) in [5.74, 6) is 2.25. The summed E-state index contributed by atoms with van der Waals surface area (Å²) in [6.45, 7) is 0.504. The Balaban J connectivity index is 1.87. The molecule has 10 nitrogen and oxygen atoms in total. The molecule has 0 fully saturated rings. The lowest BCUT2D eigenvalue weighted by atomic mass is 10.1. The largest absolute Gasteiger partial charge is 0.493 e. The van der Waals surface area contributed by atoms with Gasteiger partial charge in [0.15, 0.2) is 23.0 Å². The van der Waals surface area contributed by atoms with E-state index in [1.165, 1.54) is 54.8 Å². The number of hydrogen-bond acceptors (Lipinski definition) is 8. The summed E-state index contributed by atoms with van der Waals surface area (Å²) >= 11 is 0. The molecule has 0 aliphatic carbocycles. The van der Waals surface area contributed by atoms with Crippen molar-refractivity contribution < 1.29 is 38.0 Å². The van der Waals surface area contributed by atoms with Crippen LogP contribution in [0, 0.1) is 0 Å². The number of benzene rings is 2. The molecule has 2 amide bonds. The van der Waals surface area contributed by atoms with Crippen LogP contribution in [0.4, 0.5) is 0 Å². The van der Waals surface area contributed by atoms with Crippen molar-refractivity contribution in [3.63, 3.8) is 0 Å².